The fourth-order valence-electron chi connectivity index (χ4n) is 1.91. The molecule has 1 unspecified atom stereocenters. The topological polar surface area (TPSA) is 84.0 Å². The van der Waals surface area contributed by atoms with Crippen molar-refractivity contribution in [3.63, 3.8) is 0 Å². The summed E-state index contributed by atoms with van der Waals surface area (Å²) < 4.78 is 22.7. The van der Waals surface area contributed by atoms with Crippen LogP contribution in [0.4, 0.5) is 11.6 Å². The van der Waals surface area contributed by atoms with Gasteiger partial charge in [-0.15, -0.1) is 0 Å². The maximum absolute atomic E-state index is 11.3. The highest BCUT2D eigenvalue weighted by Gasteiger charge is 2.16. The van der Waals surface area contributed by atoms with Crippen LogP contribution in [-0.2, 0) is 9.84 Å². The summed E-state index contributed by atoms with van der Waals surface area (Å²) in [6.07, 6.45) is 1.23. The Morgan fingerprint density at radius 3 is 2.15 bits per heavy atom. The largest absolute Gasteiger partial charge is 0.373 e. The van der Waals surface area contributed by atoms with E-state index in [1.807, 2.05) is 34.7 Å². The molecule has 0 spiro atoms. The number of anilines is 2. The molecule has 0 fully saturated rings. The summed E-state index contributed by atoms with van der Waals surface area (Å²) in [4.78, 5) is 8.95. The van der Waals surface area contributed by atoms with Crippen LogP contribution in [-0.4, -0.2) is 43.5 Å². The SMILES string of the molecule is CNc1nc(C(C)C)nc(NC(C)CS(C)(=O)=O)c1C. The van der Waals surface area contributed by atoms with Crippen LogP contribution in [0.3, 0.4) is 0 Å². The summed E-state index contributed by atoms with van der Waals surface area (Å²) in [5, 5.41) is 6.21. The maximum atomic E-state index is 11.3. The molecule has 0 amide bonds. The number of hydrogen-bond donors (Lipinski definition) is 2. The zero-order chi connectivity index (χ0) is 15.5. The summed E-state index contributed by atoms with van der Waals surface area (Å²) in [7, 11) is -1.21. The van der Waals surface area contributed by atoms with Crippen molar-refractivity contribution < 1.29 is 8.42 Å². The van der Waals surface area contributed by atoms with Crippen molar-refractivity contribution in [3.8, 4) is 0 Å². The molecule has 0 aromatic carbocycles. The highest BCUT2D eigenvalue weighted by Crippen LogP contribution is 2.23. The molecule has 1 rings (SSSR count). The van der Waals surface area contributed by atoms with Crippen LogP contribution in [0, 0.1) is 6.92 Å². The average Bonchev–Trinajstić information content (AvgIpc) is 2.28. The van der Waals surface area contributed by atoms with Crippen molar-refractivity contribution >= 4 is 21.5 Å². The zero-order valence-electron chi connectivity index (χ0n) is 13.0. The summed E-state index contributed by atoms with van der Waals surface area (Å²) in [6, 6.07) is -0.205. The van der Waals surface area contributed by atoms with E-state index in [-0.39, 0.29) is 17.7 Å². The van der Waals surface area contributed by atoms with E-state index < -0.39 is 9.84 Å². The van der Waals surface area contributed by atoms with Gasteiger partial charge in [0, 0.05) is 30.8 Å². The molecule has 0 aliphatic rings. The van der Waals surface area contributed by atoms with Gasteiger partial charge in [-0.3, -0.25) is 0 Å². The van der Waals surface area contributed by atoms with Gasteiger partial charge in [0.1, 0.15) is 27.3 Å². The lowest BCUT2D eigenvalue weighted by Crippen LogP contribution is -2.26. The minimum Gasteiger partial charge on any atom is -0.373 e. The van der Waals surface area contributed by atoms with Crippen LogP contribution in [0.5, 0.6) is 0 Å². The molecule has 2 N–H and O–H groups in total. The molecule has 0 aliphatic heterocycles. The Hall–Kier alpha value is -1.37. The molecule has 1 heterocycles. The third-order valence-corrected chi connectivity index (χ3v) is 3.96. The van der Waals surface area contributed by atoms with E-state index in [1.165, 1.54) is 6.26 Å². The third kappa shape index (κ3) is 4.63. The Kier molecular flexibility index (Phi) is 5.33. The number of nitrogens with zero attached hydrogens (tertiary/aromatic N) is 2. The Balaban J connectivity index is 3.07. The molecular weight excluding hydrogens is 276 g/mol. The molecule has 6 nitrogen and oxygen atoms in total. The molecule has 1 aromatic rings. The van der Waals surface area contributed by atoms with Crippen molar-refractivity contribution in [1.29, 1.82) is 0 Å². The van der Waals surface area contributed by atoms with Gasteiger partial charge in [-0.25, -0.2) is 18.4 Å². The van der Waals surface area contributed by atoms with Crippen molar-refractivity contribution in [3.05, 3.63) is 11.4 Å². The monoisotopic (exact) mass is 300 g/mol. The van der Waals surface area contributed by atoms with Crippen LogP contribution in [0.25, 0.3) is 0 Å². The lowest BCUT2D eigenvalue weighted by atomic mass is 10.2. The van der Waals surface area contributed by atoms with E-state index >= 15 is 0 Å². The fourth-order valence-corrected chi connectivity index (χ4v) is 2.90. The predicted octanol–water partition coefficient (Wildman–Crippen LogP) is 1.80. The molecule has 0 saturated heterocycles. The van der Waals surface area contributed by atoms with E-state index in [9.17, 15) is 8.42 Å². The van der Waals surface area contributed by atoms with Crippen LogP contribution < -0.4 is 10.6 Å². The van der Waals surface area contributed by atoms with Crippen molar-refractivity contribution in [2.45, 2.75) is 39.7 Å². The van der Waals surface area contributed by atoms with E-state index in [1.54, 1.807) is 0 Å². The summed E-state index contributed by atoms with van der Waals surface area (Å²) in [5.41, 5.74) is 0.886. The van der Waals surface area contributed by atoms with E-state index in [4.69, 9.17) is 0 Å². The molecule has 114 valence electrons. The van der Waals surface area contributed by atoms with E-state index in [2.05, 4.69) is 20.6 Å². The van der Waals surface area contributed by atoms with E-state index in [0.29, 0.717) is 5.82 Å². The highest BCUT2D eigenvalue weighted by atomic mass is 32.2. The first-order valence-electron chi connectivity index (χ1n) is 6.64. The molecule has 7 heteroatoms. The summed E-state index contributed by atoms with van der Waals surface area (Å²) >= 11 is 0. The fraction of sp³-hybridized carbons (Fsp3) is 0.692. The van der Waals surface area contributed by atoms with Crippen LogP contribution in [0.2, 0.25) is 0 Å². The van der Waals surface area contributed by atoms with Crippen molar-refractivity contribution in [2.75, 3.05) is 29.7 Å². The predicted molar refractivity (Wildman–Crippen MR) is 83.2 cm³/mol. The van der Waals surface area contributed by atoms with Gasteiger partial charge in [-0.2, -0.15) is 0 Å². The third-order valence-electron chi connectivity index (χ3n) is 2.85. The second-order valence-corrected chi connectivity index (χ2v) is 7.63. The van der Waals surface area contributed by atoms with Gasteiger partial charge in [0.15, 0.2) is 0 Å². The van der Waals surface area contributed by atoms with E-state index in [0.717, 1.165) is 17.2 Å². The van der Waals surface area contributed by atoms with Crippen LogP contribution >= 0.6 is 0 Å². The Morgan fingerprint density at radius 2 is 1.70 bits per heavy atom. The molecule has 0 bridgehead atoms. The maximum Gasteiger partial charge on any atom is 0.149 e. The smallest absolute Gasteiger partial charge is 0.149 e. The van der Waals surface area contributed by atoms with Gasteiger partial charge in [0.05, 0.1) is 5.75 Å². The second-order valence-electron chi connectivity index (χ2n) is 5.45. The minimum atomic E-state index is -3.02. The first-order chi connectivity index (χ1) is 9.14. The molecule has 0 aliphatic carbocycles. The minimum absolute atomic E-state index is 0.0718. The quantitative estimate of drug-likeness (QED) is 0.833. The van der Waals surface area contributed by atoms with Crippen LogP contribution in [0.15, 0.2) is 0 Å². The molecule has 0 saturated carbocycles. The number of aromatic nitrogens is 2. The average molecular weight is 300 g/mol. The first kappa shape index (κ1) is 16.7. The zero-order valence-corrected chi connectivity index (χ0v) is 13.8. The Bertz CT molecular complexity index is 570. The normalized spacial score (nSPS) is 13.3. The molecule has 0 radical (unpaired) electrons. The molecular formula is C13H24N4O2S. The van der Waals surface area contributed by atoms with Crippen molar-refractivity contribution in [2.24, 2.45) is 0 Å². The Morgan fingerprint density at radius 1 is 1.15 bits per heavy atom. The van der Waals surface area contributed by atoms with Crippen LogP contribution in [0.1, 0.15) is 38.1 Å². The number of rotatable bonds is 6. The summed E-state index contributed by atoms with van der Waals surface area (Å²) in [5.74, 6) is 2.45. The second kappa shape index (κ2) is 6.39. The van der Waals surface area contributed by atoms with Gasteiger partial charge in [0.2, 0.25) is 0 Å². The number of hydrogen-bond acceptors (Lipinski definition) is 6. The highest BCUT2D eigenvalue weighted by molar-refractivity contribution is 7.90. The number of nitrogens with one attached hydrogen (secondary N) is 2. The van der Waals surface area contributed by atoms with Gasteiger partial charge < -0.3 is 10.6 Å². The van der Waals surface area contributed by atoms with Gasteiger partial charge in [-0.1, -0.05) is 13.8 Å². The first-order valence-corrected chi connectivity index (χ1v) is 8.70. The van der Waals surface area contributed by atoms with Gasteiger partial charge in [-0.05, 0) is 13.8 Å². The molecule has 20 heavy (non-hydrogen) atoms. The summed E-state index contributed by atoms with van der Waals surface area (Å²) in [6.45, 7) is 7.78. The lowest BCUT2D eigenvalue weighted by molar-refractivity contribution is 0.597. The van der Waals surface area contributed by atoms with Gasteiger partial charge >= 0.3 is 0 Å². The standard InChI is InChI=1S/C13H24N4O2S/c1-8(2)11-16-12(14-5)10(4)13(17-11)15-9(3)7-20(6,18)19/h8-9H,7H2,1-6H3,(H2,14,15,16,17). The van der Waals surface area contributed by atoms with Gasteiger partial charge in [0.25, 0.3) is 0 Å². The van der Waals surface area contributed by atoms with Crippen molar-refractivity contribution in [1.82, 2.24) is 9.97 Å². The Labute approximate surface area is 121 Å². The molecule has 1 atom stereocenters. The number of sulfone groups is 1. The lowest BCUT2D eigenvalue weighted by Gasteiger charge is -2.18. The molecule has 1 aromatic heterocycles.